The second-order valence-electron chi connectivity index (χ2n) is 9.09. The van der Waals surface area contributed by atoms with E-state index in [9.17, 15) is 19.3 Å². The number of hydrogen-bond donors (Lipinski definition) is 4. The van der Waals surface area contributed by atoms with Crippen molar-refractivity contribution in [1.82, 2.24) is 16.0 Å². The van der Waals surface area contributed by atoms with Crippen molar-refractivity contribution < 1.29 is 42.3 Å². The minimum Gasteiger partial charge on any atom is -0.379 e. The Morgan fingerprint density at radius 2 is 1.74 bits per heavy atom. The van der Waals surface area contributed by atoms with Crippen molar-refractivity contribution in [2.24, 2.45) is 0 Å². The van der Waals surface area contributed by atoms with Gasteiger partial charge < -0.3 is 43.8 Å². The highest BCUT2D eigenvalue weighted by Crippen LogP contribution is 2.31. The molecule has 0 bridgehead atoms. The lowest BCUT2D eigenvalue weighted by Crippen LogP contribution is -2.44. The molecule has 0 rings (SSSR count). The summed E-state index contributed by atoms with van der Waals surface area (Å²) in [4.78, 5) is 44.4. The topological polar surface area (TPSA) is 144 Å². The molecule has 3 amide bonds. The van der Waals surface area contributed by atoms with Crippen LogP contribution in [0.15, 0.2) is 0 Å². The second-order valence-corrected chi connectivity index (χ2v) is 10.2. The van der Waals surface area contributed by atoms with E-state index in [0.29, 0.717) is 51.8 Å². The molecule has 0 aliphatic rings. The molecule has 0 aromatic rings. The van der Waals surface area contributed by atoms with Crippen molar-refractivity contribution >= 4 is 26.8 Å². The van der Waals surface area contributed by atoms with Crippen molar-refractivity contribution in [3.63, 3.8) is 0 Å². The van der Waals surface area contributed by atoms with Gasteiger partial charge >= 0.3 is 8.60 Å². The molecular formula is C22H46N4O8P+. The molecule has 35 heavy (non-hydrogen) atoms. The van der Waals surface area contributed by atoms with Gasteiger partial charge in [0.15, 0.2) is 0 Å². The van der Waals surface area contributed by atoms with Crippen LogP contribution < -0.4 is 16.0 Å². The van der Waals surface area contributed by atoms with Gasteiger partial charge in [-0.2, -0.15) is 0 Å². The molecule has 0 aliphatic heterocycles. The number of nitrogens with one attached hydrogen (secondary N) is 3. The Bertz CT molecular complexity index is 580. The first-order valence-corrected chi connectivity index (χ1v) is 13.1. The fraction of sp³-hybridized carbons (Fsp3) is 0.864. The van der Waals surface area contributed by atoms with Crippen LogP contribution in [0.5, 0.6) is 0 Å². The third-order valence-corrected chi connectivity index (χ3v) is 5.67. The second kappa shape index (κ2) is 20.8. The Hall–Kier alpha value is -1.40. The Morgan fingerprint density at radius 3 is 2.37 bits per heavy atom. The number of nitrogens with zero attached hydrogens (tertiary/aromatic N) is 1. The number of quaternary nitrogens is 1. The summed E-state index contributed by atoms with van der Waals surface area (Å²) < 4.78 is 21.3. The number of hydrogen-bond acceptors (Lipinski definition) is 8. The number of carbonyl (C=O) groups excluding carboxylic acids is 3. The number of amides is 3. The van der Waals surface area contributed by atoms with E-state index in [-0.39, 0.29) is 31.1 Å². The molecule has 3 unspecified atom stereocenters. The van der Waals surface area contributed by atoms with Crippen molar-refractivity contribution in [3.05, 3.63) is 0 Å². The van der Waals surface area contributed by atoms with Gasteiger partial charge in [-0.15, -0.1) is 0 Å². The fourth-order valence-corrected chi connectivity index (χ4v) is 3.38. The predicted molar refractivity (Wildman–Crippen MR) is 133 cm³/mol. The lowest BCUT2D eigenvalue weighted by Gasteiger charge is -2.23. The Labute approximate surface area is 211 Å². The van der Waals surface area contributed by atoms with E-state index in [2.05, 4.69) is 41.6 Å². The minimum atomic E-state index is -1.91. The summed E-state index contributed by atoms with van der Waals surface area (Å²) >= 11 is 0. The predicted octanol–water partition coefficient (Wildman–Crippen LogP) is 0.294. The summed E-state index contributed by atoms with van der Waals surface area (Å²) in [5.41, 5.74) is 0. The van der Waals surface area contributed by atoms with Crippen LogP contribution >= 0.6 is 8.60 Å². The van der Waals surface area contributed by atoms with Gasteiger partial charge in [-0.1, -0.05) is 0 Å². The van der Waals surface area contributed by atoms with Crippen molar-refractivity contribution in [1.29, 1.82) is 0 Å². The van der Waals surface area contributed by atoms with Gasteiger partial charge in [-0.05, 0) is 25.7 Å². The van der Waals surface area contributed by atoms with E-state index < -0.39 is 14.6 Å². The van der Waals surface area contributed by atoms with Crippen LogP contribution in [0.1, 0.15) is 38.5 Å². The first-order chi connectivity index (χ1) is 16.6. The average Bonchev–Trinajstić information content (AvgIpc) is 2.80. The zero-order chi connectivity index (χ0) is 26.5. The molecule has 0 saturated carbocycles. The first kappa shape index (κ1) is 33.6. The third kappa shape index (κ3) is 20.5. The van der Waals surface area contributed by atoms with Gasteiger partial charge in [0, 0.05) is 46.8 Å². The summed E-state index contributed by atoms with van der Waals surface area (Å²) in [6, 6.07) is -0.613. The van der Waals surface area contributed by atoms with Crippen LogP contribution in [0, 0.1) is 0 Å². The van der Waals surface area contributed by atoms with Crippen LogP contribution in [0.25, 0.3) is 0 Å². The Kier molecular flexibility index (Phi) is 19.9. The van der Waals surface area contributed by atoms with Gasteiger partial charge in [0.1, 0.15) is 12.1 Å². The maximum Gasteiger partial charge on any atom is 0.329 e. The number of methoxy groups -OCH3 is 1. The molecule has 0 aromatic heterocycles. The molecule has 12 nitrogen and oxygen atoms in total. The van der Waals surface area contributed by atoms with Crippen molar-refractivity contribution in [2.45, 2.75) is 50.7 Å². The molecule has 13 heteroatoms. The summed E-state index contributed by atoms with van der Waals surface area (Å²) in [7, 11) is 7.25. The number of unbranched alkanes of at least 4 members (excludes halogenated alkanes) is 1. The average molecular weight is 526 g/mol. The molecule has 0 heterocycles. The van der Waals surface area contributed by atoms with Gasteiger partial charge in [0.05, 0.1) is 40.9 Å². The quantitative estimate of drug-likeness (QED) is 0.0645. The van der Waals surface area contributed by atoms with Gasteiger partial charge in [-0.3, -0.25) is 14.4 Å². The molecule has 0 spiro atoms. The molecule has 0 radical (unpaired) electrons. The zero-order valence-corrected chi connectivity index (χ0v) is 22.8. The molecule has 0 fully saturated rings. The van der Waals surface area contributed by atoms with Crippen LogP contribution in [0.4, 0.5) is 0 Å². The number of ether oxygens (including phenoxy) is 2. The van der Waals surface area contributed by atoms with Gasteiger partial charge in [0.25, 0.3) is 0 Å². The Balaban J connectivity index is 3.96. The standard InChI is InChI=1S/C22H45N4O8P/c1-26(2,3)14-8-11-21(28)23-12-7-6-10-20(25-18-27)22(29)24-13-9-15-33-16-19(31-4)17-34-35(30)32-5/h18-20,30H,6-17H2,1-5H3,(H2-,23,24,25,27,28,29)/p+1. The number of rotatable bonds is 23. The third-order valence-electron chi connectivity index (χ3n) is 4.99. The first-order valence-electron chi connectivity index (χ1n) is 11.9. The van der Waals surface area contributed by atoms with E-state index in [1.807, 2.05) is 0 Å². The molecule has 0 saturated heterocycles. The lowest BCUT2D eigenvalue weighted by atomic mass is 10.1. The van der Waals surface area contributed by atoms with Crippen LogP contribution in [0.2, 0.25) is 0 Å². The highest BCUT2D eigenvalue weighted by molar-refractivity contribution is 7.40. The molecular weight excluding hydrogens is 479 g/mol. The van der Waals surface area contributed by atoms with Crippen molar-refractivity contribution in [3.8, 4) is 0 Å². The molecule has 3 atom stereocenters. The highest BCUT2D eigenvalue weighted by Gasteiger charge is 2.17. The summed E-state index contributed by atoms with van der Waals surface area (Å²) in [5, 5.41) is 8.25. The van der Waals surface area contributed by atoms with Crippen LogP contribution in [-0.4, -0.2) is 115 Å². The van der Waals surface area contributed by atoms with E-state index in [0.717, 1.165) is 23.9 Å². The Morgan fingerprint density at radius 1 is 1.03 bits per heavy atom. The molecule has 0 aromatic carbocycles. The van der Waals surface area contributed by atoms with Crippen LogP contribution in [0.3, 0.4) is 0 Å². The fourth-order valence-electron chi connectivity index (χ4n) is 2.98. The SMILES string of the molecule is COC(COCCCNC(=O)C(CCCCNC(=O)CCC[N+](C)(C)C)NC=O)COP(O)OC. The largest absolute Gasteiger partial charge is 0.379 e. The van der Waals surface area contributed by atoms with E-state index >= 15 is 0 Å². The van der Waals surface area contributed by atoms with Gasteiger partial charge in [0.2, 0.25) is 18.2 Å². The van der Waals surface area contributed by atoms with Crippen molar-refractivity contribution in [2.75, 3.05) is 74.8 Å². The molecule has 0 aliphatic carbocycles. The zero-order valence-electron chi connectivity index (χ0n) is 21.9. The summed E-state index contributed by atoms with van der Waals surface area (Å²) in [5.74, 6) is -0.209. The van der Waals surface area contributed by atoms with Gasteiger partial charge in [-0.25, -0.2) is 0 Å². The lowest BCUT2D eigenvalue weighted by molar-refractivity contribution is -0.870. The summed E-state index contributed by atoms with van der Waals surface area (Å²) in [6.07, 6.45) is 4.03. The molecule has 4 N–H and O–H groups in total. The maximum atomic E-state index is 12.4. The van der Waals surface area contributed by atoms with Crippen LogP contribution in [-0.2, 0) is 32.9 Å². The molecule has 206 valence electrons. The highest BCUT2D eigenvalue weighted by atomic mass is 31.2. The van der Waals surface area contributed by atoms with E-state index in [1.54, 1.807) is 0 Å². The van der Waals surface area contributed by atoms with E-state index in [1.165, 1.54) is 14.2 Å². The number of carbonyl (C=O) groups is 3. The minimum absolute atomic E-state index is 0.0405. The maximum absolute atomic E-state index is 12.4. The van der Waals surface area contributed by atoms with E-state index in [4.69, 9.17) is 14.0 Å². The smallest absolute Gasteiger partial charge is 0.329 e. The summed E-state index contributed by atoms with van der Waals surface area (Å²) in [6.45, 7) is 2.71. The monoisotopic (exact) mass is 525 g/mol. The normalized spacial score (nSPS) is 14.1.